The summed E-state index contributed by atoms with van der Waals surface area (Å²) >= 11 is 1.67. The molecule has 1 N–H and O–H groups in total. The maximum Gasteiger partial charge on any atom is 0.162 e. The monoisotopic (exact) mass is 835 g/mol. The van der Waals surface area contributed by atoms with Crippen molar-refractivity contribution in [2.75, 3.05) is 0 Å². The maximum absolute atomic E-state index is 11.7. The van der Waals surface area contributed by atoms with E-state index in [1.165, 1.54) is 33.0 Å². The molecule has 0 fully saturated rings. The summed E-state index contributed by atoms with van der Waals surface area (Å²) in [6, 6.07) is 3.82. The number of aromatic nitrogens is 2. The van der Waals surface area contributed by atoms with Gasteiger partial charge >= 0.3 is 0 Å². The molecule has 1 aliphatic carbocycles. The SMILES string of the molecule is CCC(CC)C(=O)/C=C(\O)C(CC)CC.[2H]c1nc(-c2[c-]c(C)c([2H])c(C)c2[2H])c2sc3c(C)c4c(c(C)c3c2n1)C(C)(C)CCC4(C)C.[Ir]. The van der Waals surface area contributed by atoms with E-state index in [0.29, 0.717) is 28.4 Å². The molecule has 2 aromatic heterocycles. The molecule has 0 amide bonds. The van der Waals surface area contributed by atoms with Gasteiger partial charge in [0.25, 0.3) is 0 Å². The van der Waals surface area contributed by atoms with Crippen molar-refractivity contribution in [2.45, 2.75) is 132 Å². The smallest absolute Gasteiger partial charge is 0.162 e. The van der Waals surface area contributed by atoms with Gasteiger partial charge in [0.05, 0.1) is 11.3 Å². The molecule has 2 aromatic carbocycles. The second kappa shape index (κ2) is 15.4. The summed E-state index contributed by atoms with van der Waals surface area (Å²) in [4.78, 5) is 20.9. The molecular formula is C41H55IrN2O2S-. The Kier molecular flexibility index (Phi) is 11.3. The molecule has 0 aliphatic heterocycles. The molecule has 6 heteroatoms. The summed E-state index contributed by atoms with van der Waals surface area (Å²) in [5.74, 6) is 0.547. The minimum absolute atomic E-state index is 0. The fourth-order valence-electron chi connectivity index (χ4n) is 7.48. The van der Waals surface area contributed by atoms with Gasteiger partial charge in [-0.2, -0.15) is 0 Å². The first-order valence-electron chi connectivity index (χ1n) is 18.6. The van der Waals surface area contributed by atoms with Crippen LogP contribution in [0.25, 0.3) is 31.6 Å². The summed E-state index contributed by atoms with van der Waals surface area (Å²) in [5.41, 5.74) is 8.85. The minimum Gasteiger partial charge on any atom is -0.512 e. The molecule has 1 radical (unpaired) electrons. The molecule has 4 nitrogen and oxygen atoms in total. The van der Waals surface area contributed by atoms with Gasteiger partial charge in [-0.1, -0.05) is 69.2 Å². The number of rotatable bonds is 8. The first kappa shape index (κ1) is 34.5. The number of ketones is 1. The molecule has 2 heterocycles. The molecule has 0 spiro atoms. The van der Waals surface area contributed by atoms with Gasteiger partial charge < -0.3 is 5.11 Å². The van der Waals surface area contributed by atoms with E-state index in [1.807, 2.05) is 34.6 Å². The van der Waals surface area contributed by atoms with Gasteiger partial charge in [-0.15, -0.1) is 46.2 Å². The van der Waals surface area contributed by atoms with E-state index < -0.39 is 0 Å². The summed E-state index contributed by atoms with van der Waals surface area (Å²) < 4.78 is 27.5. The van der Waals surface area contributed by atoms with Crippen LogP contribution in [0, 0.1) is 45.6 Å². The quantitative estimate of drug-likeness (QED) is 0.109. The van der Waals surface area contributed by atoms with Crippen molar-refractivity contribution < 1.29 is 34.1 Å². The van der Waals surface area contributed by atoms with Crippen LogP contribution in [-0.4, -0.2) is 20.9 Å². The van der Waals surface area contributed by atoms with E-state index in [9.17, 15) is 9.90 Å². The molecule has 4 aromatic rings. The van der Waals surface area contributed by atoms with Crippen LogP contribution in [0.3, 0.4) is 0 Å². The van der Waals surface area contributed by atoms with Gasteiger partial charge in [-0.05, 0) is 88.2 Å². The van der Waals surface area contributed by atoms with E-state index in [0.717, 1.165) is 54.1 Å². The maximum atomic E-state index is 11.7. The van der Waals surface area contributed by atoms with Crippen molar-refractivity contribution in [3.8, 4) is 11.3 Å². The zero-order valence-electron chi connectivity index (χ0n) is 33.5. The predicted molar refractivity (Wildman–Crippen MR) is 197 cm³/mol. The van der Waals surface area contributed by atoms with Crippen molar-refractivity contribution in [2.24, 2.45) is 11.8 Å². The number of fused-ring (bicyclic) bond motifs is 4. The third-order valence-corrected chi connectivity index (χ3v) is 11.5. The van der Waals surface area contributed by atoms with Gasteiger partial charge in [0.15, 0.2) is 5.78 Å². The van der Waals surface area contributed by atoms with E-state index in [-0.39, 0.29) is 66.7 Å². The molecule has 5 rings (SSSR count). The number of carbonyl (C=O) groups is 1. The number of aliphatic hydroxyl groups excluding tert-OH is 1. The molecule has 1 aliphatic rings. The van der Waals surface area contributed by atoms with Gasteiger partial charge in [0, 0.05) is 58.5 Å². The molecule has 257 valence electrons. The Morgan fingerprint density at radius 3 is 2.02 bits per heavy atom. The van der Waals surface area contributed by atoms with Gasteiger partial charge in [-0.3, -0.25) is 9.78 Å². The Hall–Kier alpha value is -2.40. The molecule has 0 atom stereocenters. The summed E-state index contributed by atoms with van der Waals surface area (Å²) in [6.07, 6.45) is 7.15. The third-order valence-electron chi connectivity index (χ3n) is 10.2. The van der Waals surface area contributed by atoms with Gasteiger partial charge in [0.1, 0.15) is 7.67 Å². The Morgan fingerprint density at radius 1 is 0.915 bits per heavy atom. The Morgan fingerprint density at radius 2 is 1.47 bits per heavy atom. The minimum atomic E-state index is -0.0466. The number of thiophene rings is 1. The molecule has 0 saturated carbocycles. The van der Waals surface area contributed by atoms with Crippen LogP contribution < -0.4 is 0 Å². The Bertz CT molecular complexity index is 1940. The van der Waals surface area contributed by atoms with Crippen LogP contribution in [0.2, 0.25) is 0 Å². The zero-order valence-corrected chi connectivity index (χ0v) is 33.7. The average molecular weight is 835 g/mol. The summed E-state index contributed by atoms with van der Waals surface area (Å²) in [7, 11) is 0. The molecule has 0 saturated heterocycles. The third kappa shape index (κ3) is 7.76. The first-order valence-corrected chi connectivity index (χ1v) is 17.9. The first-order chi connectivity index (χ1) is 22.9. The number of carbonyl (C=O) groups excluding carboxylic acids is 1. The van der Waals surface area contributed by atoms with Crippen LogP contribution in [0.5, 0.6) is 0 Å². The Labute approximate surface area is 305 Å². The normalized spacial score (nSPS) is 16.3. The van der Waals surface area contributed by atoms with Gasteiger partial charge in [-0.25, -0.2) is 4.98 Å². The molecule has 47 heavy (non-hydrogen) atoms. The van der Waals surface area contributed by atoms with Crippen molar-refractivity contribution in [1.82, 2.24) is 9.97 Å². The largest absolute Gasteiger partial charge is 0.512 e. The number of hydrogen-bond acceptors (Lipinski definition) is 5. The van der Waals surface area contributed by atoms with E-state index >= 15 is 0 Å². The van der Waals surface area contributed by atoms with Crippen molar-refractivity contribution in [3.63, 3.8) is 0 Å². The standard InChI is InChI=1S/C28H31N2S.C13H24O2.Ir/c1-15-11-16(2)13-19(12-15)23-26-24(30-14-29-23)20-17(3)21-22(18(4)25(20)31-26)28(7,8)10-9-27(21,5)6;1-5-10(6-2)12(14)9-13(15)11(7-3)8-4;/h11-12,14H,9-10H2,1-8H3;9-11,14H,5-8H2,1-4H3;/q-1;;/b;12-9-;/i11D,12D,14D;;. The van der Waals surface area contributed by atoms with Gasteiger partial charge in [0.2, 0.25) is 0 Å². The molecule has 0 unspecified atom stereocenters. The topological polar surface area (TPSA) is 63.1 Å². The zero-order chi connectivity index (χ0) is 36.7. The number of aryl methyl sites for hydroxylation is 3. The van der Waals surface area contributed by atoms with E-state index in [1.54, 1.807) is 18.3 Å². The fourth-order valence-corrected chi connectivity index (χ4v) is 8.78. The number of benzene rings is 2. The average Bonchev–Trinajstić information content (AvgIpc) is 3.43. The van der Waals surface area contributed by atoms with Crippen molar-refractivity contribution in [1.29, 1.82) is 0 Å². The van der Waals surface area contributed by atoms with Crippen LogP contribution in [-0.2, 0) is 35.7 Å². The second-order valence-electron chi connectivity index (χ2n) is 14.4. The van der Waals surface area contributed by atoms with Crippen molar-refractivity contribution in [3.05, 3.63) is 69.7 Å². The van der Waals surface area contributed by atoms with Crippen LogP contribution in [0.15, 0.2) is 30.2 Å². The van der Waals surface area contributed by atoms with Crippen LogP contribution >= 0.6 is 11.3 Å². The van der Waals surface area contributed by atoms with Crippen LogP contribution in [0.1, 0.15) is 131 Å². The molecule has 0 bridgehead atoms. The fraction of sp³-hybridized carbons (Fsp3) is 0.537. The Balaban J connectivity index is 0.000000361. The summed E-state index contributed by atoms with van der Waals surface area (Å²) in [6.45, 7) is 25.6. The molecular weight excluding hydrogens is 777 g/mol. The van der Waals surface area contributed by atoms with E-state index in [4.69, 9.17) is 4.11 Å². The van der Waals surface area contributed by atoms with Crippen molar-refractivity contribution >= 4 is 37.4 Å². The number of hydrogen-bond donors (Lipinski definition) is 1. The second-order valence-corrected chi connectivity index (χ2v) is 15.4. The predicted octanol–water partition coefficient (Wildman–Crippen LogP) is 11.8. The number of aliphatic hydroxyl groups is 1. The van der Waals surface area contributed by atoms with E-state index in [2.05, 4.69) is 57.6 Å². The van der Waals surface area contributed by atoms with Crippen LogP contribution in [0.4, 0.5) is 0 Å². The summed E-state index contributed by atoms with van der Waals surface area (Å²) in [5, 5.41) is 10.9. The number of allylic oxidation sites excluding steroid dienone is 2. The number of nitrogens with zero attached hydrogens (tertiary/aromatic N) is 2.